The second-order valence-electron chi connectivity index (χ2n) is 17.1. The van der Waals surface area contributed by atoms with Gasteiger partial charge in [0.2, 0.25) is 23.6 Å². The lowest BCUT2D eigenvalue weighted by atomic mass is 9.68. The van der Waals surface area contributed by atoms with E-state index in [-0.39, 0.29) is 10.8 Å². The molecule has 8 aromatic rings. The molecule has 0 amide bonds. The Labute approximate surface area is 321 Å². The van der Waals surface area contributed by atoms with E-state index in [9.17, 15) is 0 Å². The number of nitrogens with zero attached hydrogens (tertiary/aromatic N) is 4. The lowest BCUT2D eigenvalue weighted by Gasteiger charge is -2.43. The van der Waals surface area contributed by atoms with E-state index in [1.807, 2.05) is 0 Å². The highest BCUT2D eigenvalue weighted by Gasteiger charge is 2.44. The van der Waals surface area contributed by atoms with Crippen LogP contribution in [0.25, 0.3) is 55.7 Å². The summed E-state index contributed by atoms with van der Waals surface area (Å²) in [7, 11) is 0. The molecule has 4 aliphatic heterocycles. The zero-order valence-electron chi connectivity index (χ0n) is 31.8. The number of pyridine rings is 2. The molecule has 4 nitrogen and oxygen atoms in total. The molecule has 3 aromatic heterocycles. The van der Waals surface area contributed by atoms with E-state index in [1.165, 1.54) is 100 Å². The van der Waals surface area contributed by atoms with Crippen molar-refractivity contribution in [3.63, 3.8) is 0 Å². The molecule has 4 aliphatic rings. The van der Waals surface area contributed by atoms with Crippen LogP contribution in [0.3, 0.4) is 0 Å². The fraction of sp³-hybridized carbons (Fsp3) is 0.176. The summed E-state index contributed by atoms with van der Waals surface area (Å²) < 4.78 is 7.30. The van der Waals surface area contributed by atoms with Gasteiger partial charge in [-0.3, -0.25) is 0 Å². The molecule has 12 rings (SSSR count). The largest absolute Gasteiger partial charge is 0.310 e. The first-order chi connectivity index (χ1) is 26.7. The Morgan fingerprint density at radius 2 is 1.11 bits per heavy atom. The normalized spacial score (nSPS) is 16.4. The first kappa shape index (κ1) is 31.1. The number of hydrogen-bond donors (Lipinski definition) is 0. The Kier molecular flexibility index (Phi) is 5.93. The van der Waals surface area contributed by atoms with Crippen LogP contribution in [0, 0.1) is 0 Å². The molecule has 0 saturated heterocycles. The van der Waals surface area contributed by atoms with E-state index >= 15 is 0 Å². The van der Waals surface area contributed by atoms with Gasteiger partial charge in [0, 0.05) is 51.6 Å². The van der Waals surface area contributed by atoms with E-state index in [0.29, 0.717) is 6.54 Å². The number of aromatic nitrogens is 3. The van der Waals surface area contributed by atoms with Gasteiger partial charge in [-0.2, -0.15) is 9.13 Å². The number of para-hydroxylation sites is 2. The second-order valence-corrected chi connectivity index (χ2v) is 17.1. The van der Waals surface area contributed by atoms with Gasteiger partial charge < -0.3 is 9.47 Å². The summed E-state index contributed by atoms with van der Waals surface area (Å²) in [5.41, 5.74) is 21.6. The molecule has 0 aliphatic carbocycles. The molecule has 0 N–H and O–H groups in total. The monoisotopic (exact) mass is 710 g/mol. The number of rotatable bonds is 1. The van der Waals surface area contributed by atoms with Crippen LogP contribution in [0.15, 0.2) is 140 Å². The van der Waals surface area contributed by atoms with Gasteiger partial charge >= 0.3 is 0 Å². The topological polar surface area (TPSA) is 15.9 Å². The molecule has 0 fully saturated rings. The van der Waals surface area contributed by atoms with Crippen molar-refractivity contribution in [1.29, 1.82) is 0 Å². The average molecular weight is 711 g/mol. The molecule has 0 saturated carbocycles. The summed E-state index contributed by atoms with van der Waals surface area (Å²) in [6, 6.07) is 46.0. The zero-order chi connectivity index (χ0) is 37.0. The third kappa shape index (κ3) is 3.87. The Balaban J connectivity index is 1.22. The van der Waals surface area contributed by atoms with Gasteiger partial charge in [-0.05, 0) is 101 Å². The molecule has 55 heavy (non-hydrogen) atoms. The van der Waals surface area contributed by atoms with Crippen LogP contribution in [0.2, 0.25) is 0 Å². The number of anilines is 3. The van der Waals surface area contributed by atoms with Crippen LogP contribution in [0.4, 0.5) is 17.1 Å². The van der Waals surface area contributed by atoms with Crippen molar-refractivity contribution in [3.05, 3.63) is 174 Å². The van der Waals surface area contributed by atoms with Crippen LogP contribution < -0.4 is 14.0 Å². The van der Waals surface area contributed by atoms with Crippen molar-refractivity contribution >= 4 is 44.6 Å². The molecule has 4 heteroatoms. The fourth-order valence-electron chi connectivity index (χ4n) is 10.9. The van der Waals surface area contributed by atoms with E-state index < -0.39 is 0 Å². The Morgan fingerprint density at radius 3 is 1.73 bits per heavy atom. The van der Waals surface area contributed by atoms with E-state index in [4.69, 9.17) is 0 Å². The van der Waals surface area contributed by atoms with Crippen molar-refractivity contribution in [3.8, 4) is 28.2 Å². The van der Waals surface area contributed by atoms with Crippen molar-refractivity contribution in [1.82, 2.24) is 4.57 Å². The predicted octanol–water partition coefficient (Wildman–Crippen LogP) is 11.0. The molecule has 264 valence electrons. The van der Waals surface area contributed by atoms with Crippen LogP contribution in [0.1, 0.15) is 61.1 Å². The summed E-state index contributed by atoms with van der Waals surface area (Å²) in [5, 5.41) is 2.71. The first-order valence-electron chi connectivity index (χ1n) is 19.7. The predicted molar refractivity (Wildman–Crippen MR) is 224 cm³/mol. The number of benzene rings is 5. The zero-order valence-corrected chi connectivity index (χ0v) is 31.8. The third-order valence-corrected chi connectivity index (χ3v) is 13.5. The maximum Gasteiger partial charge on any atom is 0.246 e. The minimum Gasteiger partial charge on any atom is -0.310 e. The molecule has 0 radical (unpaired) electrons. The highest BCUT2D eigenvalue weighted by atomic mass is 15.2. The lowest BCUT2D eigenvalue weighted by molar-refractivity contribution is -0.698. The van der Waals surface area contributed by atoms with Crippen molar-refractivity contribution in [2.45, 2.75) is 57.9 Å². The number of hydrogen-bond acceptors (Lipinski definition) is 1. The summed E-state index contributed by atoms with van der Waals surface area (Å²) in [4.78, 5) is 2.61. The van der Waals surface area contributed by atoms with Gasteiger partial charge in [0.05, 0.1) is 39.2 Å². The molecule has 0 unspecified atom stereocenters. The van der Waals surface area contributed by atoms with E-state index in [2.05, 4.69) is 187 Å². The van der Waals surface area contributed by atoms with Gasteiger partial charge in [-0.1, -0.05) is 76.2 Å². The fourth-order valence-corrected chi connectivity index (χ4v) is 10.9. The molecule has 5 aromatic carbocycles. The summed E-state index contributed by atoms with van der Waals surface area (Å²) in [5.74, 6) is 0. The van der Waals surface area contributed by atoms with Crippen LogP contribution in [-0.2, 0) is 30.2 Å². The summed E-state index contributed by atoms with van der Waals surface area (Å²) in [6.07, 6.45) is 6.24. The maximum absolute atomic E-state index is 4.67. The summed E-state index contributed by atoms with van der Waals surface area (Å²) in [6.45, 7) is 15.1. The maximum atomic E-state index is 4.67. The number of fused-ring (bicyclic) bond motifs is 6. The molecular formula is C51H42N4+2. The molecule has 2 bridgehead atoms. The van der Waals surface area contributed by atoms with Gasteiger partial charge in [-0.25, -0.2) is 0 Å². The highest BCUT2D eigenvalue weighted by Crippen LogP contribution is 2.57. The average Bonchev–Trinajstić information content (AvgIpc) is 3.43. The smallest absolute Gasteiger partial charge is 0.246 e. The highest BCUT2D eigenvalue weighted by molar-refractivity contribution is 6.14. The second kappa shape index (κ2) is 10.5. The minimum absolute atomic E-state index is 0.219. The quantitative estimate of drug-likeness (QED) is 0.155. The van der Waals surface area contributed by atoms with Gasteiger partial charge in [-0.15, -0.1) is 0 Å². The van der Waals surface area contributed by atoms with Crippen molar-refractivity contribution in [2.75, 3.05) is 4.90 Å². The van der Waals surface area contributed by atoms with E-state index in [0.717, 1.165) is 18.5 Å². The molecule has 0 spiro atoms. The Hall–Kier alpha value is -6.26. The third-order valence-electron chi connectivity index (χ3n) is 13.5. The van der Waals surface area contributed by atoms with Crippen molar-refractivity contribution < 1.29 is 9.13 Å². The van der Waals surface area contributed by atoms with Gasteiger partial charge in [0.1, 0.15) is 0 Å². The van der Waals surface area contributed by atoms with Crippen LogP contribution >= 0.6 is 0 Å². The Bertz CT molecular complexity index is 2950. The SMILES string of the molecule is C=C1C[n+]2ccccc2-c2cccc3c2CCc2c(cccc2N3c2cc3c4c(c2)C(C)(C)c2cccc5c6cccc(c6n-4c25)C3(C)C)-c2cccc[n+]21. The van der Waals surface area contributed by atoms with Crippen LogP contribution in [-0.4, -0.2) is 4.57 Å². The van der Waals surface area contributed by atoms with Crippen LogP contribution in [0.5, 0.6) is 0 Å². The van der Waals surface area contributed by atoms with Gasteiger partial charge in [0.15, 0.2) is 12.4 Å². The summed E-state index contributed by atoms with van der Waals surface area (Å²) >= 11 is 0. The standard InChI is InChI=1S/C51H42N4/c1-31-30-52-26-8-6-20-43(52)33-14-12-22-45-35(33)24-25-36-34(44-21-7-9-27-53(31)44)15-13-23-46(36)54(45)32-28-41-49-42(29-32)51(4,5)40-19-11-17-38-37-16-10-18-39(50(41,2)3)47(37)55(49)48(38)40/h6-23,26-29H,1,24-25,30H2,2-5H3/q+2. The Morgan fingerprint density at radius 1 is 0.564 bits per heavy atom. The molecular weight excluding hydrogens is 669 g/mol. The number of allylic oxidation sites excluding steroid dienone is 1. The van der Waals surface area contributed by atoms with Crippen molar-refractivity contribution in [2.24, 2.45) is 0 Å². The molecule has 0 atom stereocenters. The van der Waals surface area contributed by atoms with E-state index in [1.54, 1.807) is 0 Å². The minimum atomic E-state index is -0.219. The van der Waals surface area contributed by atoms with Gasteiger partial charge in [0.25, 0.3) is 0 Å². The first-order valence-corrected chi connectivity index (χ1v) is 19.7. The molecule has 7 heterocycles. The lowest BCUT2D eigenvalue weighted by Crippen LogP contribution is -2.45.